The van der Waals surface area contributed by atoms with E-state index in [1.807, 2.05) is 13.2 Å². The lowest BCUT2D eigenvalue weighted by molar-refractivity contribution is -0.120. The van der Waals surface area contributed by atoms with E-state index in [1.54, 1.807) is 11.8 Å². The Balaban J connectivity index is 1.93. The van der Waals surface area contributed by atoms with Gasteiger partial charge in [0.2, 0.25) is 5.91 Å². The number of carbonyl (C=O) groups excluding carboxylic acids is 1. The first-order valence-electron chi connectivity index (χ1n) is 6.16. The molecule has 1 aliphatic rings. The van der Waals surface area contributed by atoms with Crippen LogP contribution in [0.2, 0.25) is 0 Å². The van der Waals surface area contributed by atoms with Crippen LogP contribution in [-0.2, 0) is 9.53 Å². The van der Waals surface area contributed by atoms with E-state index < -0.39 is 0 Å². The van der Waals surface area contributed by atoms with E-state index >= 15 is 0 Å². The molecule has 1 fully saturated rings. The van der Waals surface area contributed by atoms with Crippen LogP contribution >= 0.6 is 11.8 Å². The minimum absolute atomic E-state index is 0.0516. The largest absolute Gasteiger partial charge is 0.378 e. The lowest BCUT2D eigenvalue weighted by Crippen LogP contribution is -2.32. The average molecular weight is 245 g/mol. The SMILES string of the molecule is CS[C@H](C)C(=O)NCCCOC1CCCC1. The third kappa shape index (κ3) is 5.21. The van der Waals surface area contributed by atoms with Gasteiger partial charge in [-0.1, -0.05) is 12.8 Å². The van der Waals surface area contributed by atoms with E-state index in [0.29, 0.717) is 6.10 Å². The first-order valence-corrected chi connectivity index (χ1v) is 7.45. The Morgan fingerprint density at radius 3 is 2.81 bits per heavy atom. The fraction of sp³-hybridized carbons (Fsp3) is 0.917. The maximum atomic E-state index is 11.4. The van der Waals surface area contributed by atoms with Crippen molar-refractivity contribution in [1.82, 2.24) is 5.32 Å². The predicted molar refractivity (Wildman–Crippen MR) is 68.8 cm³/mol. The Morgan fingerprint density at radius 1 is 1.50 bits per heavy atom. The summed E-state index contributed by atoms with van der Waals surface area (Å²) < 4.78 is 5.72. The third-order valence-corrected chi connectivity index (χ3v) is 3.92. The monoisotopic (exact) mass is 245 g/mol. The van der Waals surface area contributed by atoms with Crippen LogP contribution in [0.5, 0.6) is 0 Å². The molecule has 3 nitrogen and oxygen atoms in total. The van der Waals surface area contributed by atoms with Crippen LogP contribution in [-0.4, -0.2) is 36.7 Å². The summed E-state index contributed by atoms with van der Waals surface area (Å²) in [5.41, 5.74) is 0. The van der Waals surface area contributed by atoms with Crippen molar-refractivity contribution in [2.45, 2.75) is 50.4 Å². The molecule has 0 unspecified atom stereocenters. The molecule has 1 rings (SSSR count). The van der Waals surface area contributed by atoms with Crippen molar-refractivity contribution < 1.29 is 9.53 Å². The smallest absolute Gasteiger partial charge is 0.232 e. The summed E-state index contributed by atoms with van der Waals surface area (Å²) in [6, 6.07) is 0. The topological polar surface area (TPSA) is 38.3 Å². The van der Waals surface area contributed by atoms with Crippen LogP contribution in [0.4, 0.5) is 0 Å². The number of ether oxygens (including phenoxy) is 1. The number of carbonyl (C=O) groups is 1. The molecule has 0 aromatic carbocycles. The molecule has 94 valence electrons. The predicted octanol–water partition coefficient (Wildman–Crippen LogP) is 2.20. The molecule has 1 atom stereocenters. The van der Waals surface area contributed by atoms with Gasteiger partial charge in [-0.2, -0.15) is 11.8 Å². The molecule has 0 saturated heterocycles. The second kappa shape index (κ2) is 7.96. The molecule has 0 aromatic heterocycles. The second-order valence-electron chi connectivity index (χ2n) is 4.30. The Morgan fingerprint density at radius 2 is 2.19 bits per heavy atom. The fourth-order valence-electron chi connectivity index (χ4n) is 1.84. The van der Waals surface area contributed by atoms with Gasteiger partial charge < -0.3 is 10.1 Å². The number of thioether (sulfide) groups is 1. The van der Waals surface area contributed by atoms with Gasteiger partial charge in [0.25, 0.3) is 0 Å². The van der Waals surface area contributed by atoms with Crippen LogP contribution in [0.15, 0.2) is 0 Å². The van der Waals surface area contributed by atoms with Gasteiger partial charge in [-0.15, -0.1) is 0 Å². The summed E-state index contributed by atoms with van der Waals surface area (Å²) in [5.74, 6) is 0.133. The highest BCUT2D eigenvalue weighted by Gasteiger charge is 2.14. The minimum atomic E-state index is 0.0516. The van der Waals surface area contributed by atoms with Crippen LogP contribution < -0.4 is 5.32 Å². The van der Waals surface area contributed by atoms with Crippen molar-refractivity contribution in [3.63, 3.8) is 0 Å². The molecule has 4 heteroatoms. The van der Waals surface area contributed by atoms with Crippen LogP contribution in [0.25, 0.3) is 0 Å². The molecule has 1 N–H and O–H groups in total. The third-order valence-electron chi connectivity index (χ3n) is 3.00. The van der Waals surface area contributed by atoms with Gasteiger partial charge in [0, 0.05) is 13.2 Å². The lowest BCUT2D eigenvalue weighted by Gasteiger charge is -2.12. The number of amides is 1. The van der Waals surface area contributed by atoms with Crippen LogP contribution in [0.1, 0.15) is 39.0 Å². The fourth-order valence-corrected chi connectivity index (χ4v) is 2.14. The quantitative estimate of drug-likeness (QED) is 0.699. The molecule has 0 heterocycles. The Kier molecular flexibility index (Phi) is 6.88. The summed E-state index contributed by atoms with van der Waals surface area (Å²) >= 11 is 1.57. The molecular weight excluding hydrogens is 222 g/mol. The average Bonchev–Trinajstić information content (AvgIpc) is 2.80. The first-order chi connectivity index (χ1) is 7.74. The summed E-state index contributed by atoms with van der Waals surface area (Å²) in [4.78, 5) is 11.4. The summed E-state index contributed by atoms with van der Waals surface area (Å²) in [5, 5.41) is 2.97. The van der Waals surface area contributed by atoms with Crippen molar-refractivity contribution in [1.29, 1.82) is 0 Å². The number of nitrogens with one attached hydrogen (secondary N) is 1. The maximum absolute atomic E-state index is 11.4. The minimum Gasteiger partial charge on any atom is -0.378 e. The van der Waals surface area contributed by atoms with Crippen molar-refractivity contribution in [3.05, 3.63) is 0 Å². The summed E-state index contributed by atoms with van der Waals surface area (Å²) in [6.45, 7) is 3.43. The van der Waals surface area contributed by atoms with E-state index in [4.69, 9.17) is 4.74 Å². The van der Waals surface area contributed by atoms with Gasteiger partial charge in [0.1, 0.15) is 0 Å². The van der Waals surface area contributed by atoms with E-state index in [-0.39, 0.29) is 11.2 Å². The maximum Gasteiger partial charge on any atom is 0.232 e. The van der Waals surface area contributed by atoms with Crippen molar-refractivity contribution in [2.75, 3.05) is 19.4 Å². The highest BCUT2D eigenvalue weighted by atomic mass is 32.2. The molecule has 0 spiro atoms. The zero-order chi connectivity index (χ0) is 11.8. The molecule has 0 bridgehead atoms. The molecular formula is C12H23NO2S. The van der Waals surface area contributed by atoms with Gasteiger partial charge in [-0.25, -0.2) is 0 Å². The molecule has 1 amide bonds. The van der Waals surface area contributed by atoms with E-state index in [0.717, 1.165) is 19.6 Å². The molecule has 16 heavy (non-hydrogen) atoms. The standard InChI is InChI=1S/C12H23NO2S/c1-10(16-2)12(14)13-8-5-9-15-11-6-3-4-7-11/h10-11H,3-9H2,1-2H3,(H,13,14)/t10-/m1/s1. The van der Waals surface area contributed by atoms with Crippen molar-refractivity contribution in [2.24, 2.45) is 0 Å². The Bertz CT molecular complexity index is 205. The van der Waals surface area contributed by atoms with Gasteiger partial charge in [-0.3, -0.25) is 4.79 Å². The van der Waals surface area contributed by atoms with Gasteiger partial charge in [0.15, 0.2) is 0 Å². The van der Waals surface area contributed by atoms with Crippen molar-refractivity contribution >= 4 is 17.7 Å². The van der Waals surface area contributed by atoms with Crippen LogP contribution in [0, 0.1) is 0 Å². The normalized spacial score (nSPS) is 18.6. The zero-order valence-corrected chi connectivity index (χ0v) is 11.1. The van der Waals surface area contributed by atoms with E-state index in [2.05, 4.69) is 5.32 Å². The number of rotatable bonds is 7. The first kappa shape index (κ1) is 13.8. The van der Waals surface area contributed by atoms with E-state index in [9.17, 15) is 4.79 Å². The lowest BCUT2D eigenvalue weighted by atomic mass is 10.3. The molecule has 0 aliphatic heterocycles. The molecule has 0 radical (unpaired) electrons. The summed E-state index contributed by atoms with van der Waals surface area (Å²) in [7, 11) is 0. The number of hydrogen-bond acceptors (Lipinski definition) is 3. The van der Waals surface area contributed by atoms with Gasteiger partial charge in [-0.05, 0) is 32.4 Å². The zero-order valence-electron chi connectivity index (χ0n) is 10.3. The summed E-state index contributed by atoms with van der Waals surface area (Å²) in [6.07, 6.45) is 8.42. The highest BCUT2D eigenvalue weighted by Crippen LogP contribution is 2.20. The molecule has 0 aromatic rings. The van der Waals surface area contributed by atoms with Gasteiger partial charge in [0.05, 0.1) is 11.4 Å². The Labute approximate surface area is 103 Å². The van der Waals surface area contributed by atoms with E-state index in [1.165, 1.54) is 25.7 Å². The highest BCUT2D eigenvalue weighted by molar-refractivity contribution is 7.99. The molecule has 1 saturated carbocycles. The molecule has 1 aliphatic carbocycles. The van der Waals surface area contributed by atoms with Gasteiger partial charge >= 0.3 is 0 Å². The number of hydrogen-bond donors (Lipinski definition) is 1. The van der Waals surface area contributed by atoms with Crippen LogP contribution in [0.3, 0.4) is 0 Å². The second-order valence-corrected chi connectivity index (χ2v) is 5.48. The van der Waals surface area contributed by atoms with Crippen molar-refractivity contribution in [3.8, 4) is 0 Å². The Hall–Kier alpha value is -0.220.